The monoisotopic (exact) mass is 616 g/mol. The Morgan fingerprint density at radius 1 is 1.37 bits per heavy atom. The van der Waals surface area contributed by atoms with Crippen molar-refractivity contribution in [2.45, 2.75) is 69.8 Å². The molecule has 2 N–H and O–H groups in total. The number of ether oxygens (including phenoxy) is 2. The predicted octanol–water partition coefficient (Wildman–Crippen LogP) is 3.08. The molecule has 0 unspecified atom stereocenters. The zero-order chi connectivity index (χ0) is 30.9. The molecule has 0 bridgehead atoms. The van der Waals surface area contributed by atoms with E-state index < -0.39 is 50.5 Å². The number of anilines is 1. The van der Waals surface area contributed by atoms with Crippen molar-refractivity contribution in [2.24, 2.45) is 0 Å². The van der Waals surface area contributed by atoms with E-state index in [-0.39, 0.29) is 18.0 Å². The first-order valence-corrected chi connectivity index (χ1v) is 15.4. The molecule has 2 fully saturated rings. The molecule has 230 valence electrons. The van der Waals surface area contributed by atoms with E-state index in [1.54, 1.807) is 32.0 Å². The number of nitrogens with one attached hydrogen (secondary N) is 1. The molecule has 13 nitrogen and oxygen atoms in total. The van der Waals surface area contributed by atoms with Crippen LogP contribution in [0.3, 0.4) is 0 Å². The van der Waals surface area contributed by atoms with E-state index in [2.05, 4.69) is 20.0 Å². The van der Waals surface area contributed by atoms with Crippen LogP contribution in [0.4, 0.5) is 10.2 Å². The molecule has 1 saturated carbocycles. The number of aliphatic hydroxyl groups is 1. The lowest BCUT2D eigenvalue weighted by molar-refractivity contribution is -0.144. The highest BCUT2D eigenvalue weighted by Gasteiger charge is 2.58. The van der Waals surface area contributed by atoms with Crippen molar-refractivity contribution in [1.29, 1.82) is 0 Å². The fraction of sp³-hybridized carbons (Fsp3) is 0.500. The molecule has 3 aromatic rings. The van der Waals surface area contributed by atoms with Gasteiger partial charge in [-0.2, -0.15) is 5.09 Å². The molecule has 2 aromatic heterocycles. The van der Waals surface area contributed by atoms with Crippen LogP contribution < -0.4 is 14.5 Å². The SMILES string of the molecule is C#C[C@@]1(F)[C@H](O)[C@@H](CO[P@](=O)(N[C@@H](C)C(=O)OCC)Oc2ccccc2)O[C@H]1n1cnc2c(N(C)C3CC3)nc(C)nc21. The van der Waals surface area contributed by atoms with Crippen LogP contribution in [0.5, 0.6) is 5.75 Å². The highest BCUT2D eigenvalue weighted by molar-refractivity contribution is 7.52. The van der Waals surface area contributed by atoms with Crippen molar-refractivity contribution in [1.82, 2.24) is 24.6 Å². The second-order valence-electron chi connectivity index (χ2n) is 10.4. The topological polar surface area (TPSA) is 150 Å². The van der Waals surface area contributed by atoms with Gasteiger partial charge in [-0.05, 0) is 45.7 Å². The number of terminal acetylenes is 1. The molecule has 43 heavy (non-hydrogen) atoms. The number of aryl methyl sites for hydroxylation is 1. The van der Waals surface area contributed by atoms with Crippen molar-refractivity contribution in [3.63, 3.8) is 0 Å². The van der Waals surface area contributed by atoms with Gasteiger partial charge in [0.05, 0.1) is 19.5 Å². The zero-order valence-corrected chi connectivity index (χ0v) is 25.1. The predicted molar refractivity (Wildman–Crippen MR) is 154 cm³/mol. The third-order valence-corrected chi connectivity index (χ3v) is 8.88. The van der Waals surface area contributed by atoms with Crippen molar-refractivity contribution in [3.8, 4) is 18.1 Å². The Morgan fingerprint density at radius 3 is 2.74 bits per heavy atom. The number of rotatable bonds is 12. The minimum absolute atomic E-state index is 0.107. The third kappa shape index (κ3) is 6.23. The standard InChI is InChI=1S/C28H34FN6O7P/c1-6-28(29)23(36)21(15-40-43(38,33-17(3)26(37)39-7-2)42-20-11-9-8-10-12-20)41-27(28)35-16-30-22-24(34(5)19-13-14-19)31-18(4)32-25(22)35/h1,8-12,16-17,19,21,23,27,36H,7,13-15H2,2-5H3,(H,33,38)/t17-,21+,23+,27+,28+,43+/m0/s1. The molecule has 1 aliphatic heterocycles. The normalized spacial score (nSPS) is 25.6. The number of carbonyl (C=O) groups excluding carboxylic acids is 1. The van der Waals surface area contributed by atoms with Gasteiger partial charge in [-0.1, -0.05) is 24.1 Å². The maximum Gasteiger partial charge on any atom is 0.459 e. The molecule has 6 atom stereocenters. The second-order valence-corrected chi connectivity index (χ2v) is 12.1. The van der Waals surface area contributed by atoms with E-state index in [9.17, 15) is 14.5 Å². The maximum atomic E-state index is 16.4. The first-order valence-electron chi connectivity index (χ1n) is 13.9. The maximum absolute atomic E-state index is 16.4. The summed E-state index contributed by atoms with van der Waals surface area (Å²) >= 11 is 0. The zero-order valence-electron chi connectivity index (χ0n) is 24.2. The minimum Gasteiger partial charge on any atom is -0.465 e. The van der Waals surface area contributed by atoms with Crippen molar-refractivity contribution in [2.75, 3.05) is 25.2 Å². The van der Waals surface area contributed by atoms with Crippen LogP contribution in [-0.4, -0.2) is 80.8 Å². The molecule has 2 aliphatic rings. The Bertz CT molecular complexity index is 1560. The summed E-state index contributed by atoms with van der Waals surface area (Å²) in [6.45, 7) is 4.26. The molecule has 3 heterocycles. The number of hydrogen-bond donors (Lipinski definition) is 2. The van der Waals surface area contributed by atoms with Crippen molar-refractivity contribution < 1.29 is 37.4 Å². The summed E-state index contributed by atoms with van der Waals surface area (Å²) in [7, 11) is -2.40. The average molecular weight is 617 g/mol. The van der Waals surface area contributed by atoms with Crippen molar-refractivity contribution in [3.05, 3.63) is 42.5 Å². The number of carbonyl (C=O) groups is 1. The van der Waals surface area contributed by atoms with Gasteiger partial charge in [-0.15, -0.1) is 6.42 Å². The summed E-state index contributed by atoms with van der Waals surface area (Å²) in [5.41, 5.74) is -2.04. The first kappa shape index (κ1) is 30.8. The van der Waals surface area contributed by atoms with Gasteiger partial charge in [0.2, 0.25) is 5.67 Å². The number of imidazole rings is 1. The first-order chi connectivity index (χ1) is 20.5. The third-order valence-electron chi connectivity index (χ3n) is 7.23. The van der Waals surface area contributed by atoms with E-state index in [4.69, 9.17) is 24.9 Å². The van der Waals surface area contributed by atoms with Gasteiger partial charge in [0.25, 0.3) is 0 Å². The Labute approximate surface area is 248 Å². The van der Waals surface area contributed by atoms with Crippen LogP contribution in [-0.2, 0) is 23.4 Å². The molecule has 1 aromatic carbocycles. The molecule has 0 radical (unpaired) electrons. The fourth-order valence-corrected chi connectivity index (χ4v) is 6.31. The fourth-order valence-electron chi connectivity index (χ4n) is 4.81. The largest absolute Gasteiger partial charge is 0.465 e. The van der Waals surface area contributed by atoms with Gasteiger partial charge in [0.1, 0.15) is 29.8 Å². The number of alkyl halides is 1. The van der Waals surface area contributed by atoms with Crippen LogP contribution in [0.15, 0.2) is 36.7 Å². The van der Waals surface area contributed by atoms with Gasteiger partial charge < -0.3 is 24.0 Å². The van der Waals surface area contributed by atoms with Crippen LogP contribution in [0, 0.1) is 19.3 Å². The number of esters is 1. The molecule has 5 rings (SSSR count). The van der Waals surface area contributed by atoms with Crippen LogP contribution in [0.1, 0.15) is 38.7 Å². The number of aliphatic hydroxyl groups excluding tert-OH is 1. The molecule has 1 aliphatic carbocycles. The molecule has 1 saturated heterocycles. The quantitative estimate of drug-likeness (QED) is 0.175. The molecule has 0 amide bonds. The summed E-state index contributed by atoms with van der Waals surface area (Å²) in [6, 6.07) is 7.36. The molecule has 15 heteroatoms. The Kier molecular flexibility index (Phi) is 8.74. The van der Waals surface area contributed by atoms with Gasteiger partial charge in [0.15, 0.2) is 23.2 Å². The molecule has 0 spiro atoms. The average Bonchev–Trinajstić information content (AvgIpc) is 3.71. The summed E-state index contributed by atoms with van der Waals surface area (Å²) in [5, 5.41) is 13.6. The summed E-state index contributed by atoms with van der Waals surface area (Å²) in [5.74, 6) is 2.54. The smallest absolute Gasteiger partial charge is 0.459 e. The number of halogens is 1. The van der Waals surface area contributed by atoms with E-state index in [1.165, 1.54) is 30.0 Å². The summed E-state index contributed by atoms with van der Waals surface area (Å²) in [6.07, 6.45) is 4.14. The van der Waals surface area contributed by atoms with E-state index in [1.807, 2.05) is 17.9 Å². The van der Waals surface area contributed by atoms with Gasteiger partial charge in [0, 0.05) is 13.1 Å². The Morgan fingerprint density at radius 2 is 2.09 bits per heavy atom. The van der Waals surface area contributed by atoms with Crippen molar-refractivity contribution >= 4 is 30.7 Å². The lowest BCUT2D eigenvalue weighted by atomic mass is 9.97. The molecular weight excluding hydrogens is 582 g/mol. The Balaban J connectivity index is 1.41. The summed E-state index contributed by atoms with van der Waals surface area (Å²) < 4.78 is 53.6. The van der Waals surface area contributed by atoms with Gasteiger partial charge >= 0.3 is 13.7 Å². The Hall–Kier alpha value is -3.60. The lowest BCUT2D eigenvalue weighted by Gasteiger charge is -2.25. The number of nitrogens with zero attached hydrogens (tertiary/aromatic N) is 5. The van der Waals surface area contributed by atoms with Crippen LogP contribution in [0.25, 0.3) is 11.2 Å². The number of benzene rings is 1. The van der Waals surface area contributed by atoms with Crippen LogP contribution in [0.2, 0.25) is 0 Å². The van der Waals surface area contributed by atoms with E-state index in [0.717, 1.165) is 12.8 Å². The number of para-hydroxylation sites is 1. The van der Waals surface area contributed by atoms with E-state index >= 15 is 4.39 Å². The van der Waals surface area contributed by atoms with Gasteiger partial charge in [-0.25, -0.2) is 23.9 Å². The molecular formula is C28H34FN6O7P. The van der Waals surface area contributed by atoms with Crippen LogP contribution >= 0.6 is 7.75 Å². The second kappa shape index (κ2) is 12.2. The highest BCUT2D eigenvalue weighted by atomic mass is 31.2. The number of aromatic nitrogens is 4. The minimum atomic E-state index is -4.31. The van der Waals surface area contributed by atoms with Gasteiger partial charge in [-0.3, -0.25) is 13.9 Å². The number of hydrogen-bond acceptors (Lipinski definition) is 11. The summed E-state index contributed by atoms with van der Waals surface area (Å²) in [4.78, 5) is 27.7. The number of fused-ring (bicyclic) bond motifs is 1. The lowest BCUT2D eigenvalue weighted by Crippen LogP contribution is -2.42. The highest BCUT2D eigenvalue weighted by Crippen LogP contribution is 2.48. The van der Waals surface area contributed by atoms with E-state index in [0.29, 0.717) is 23.2 Å².